The van der Waals surface area contributed by atoms with Crippen LogP contribution in [0.4, 0.5) is 4.39 Å². The van der Waals surface area contributed by atoms with Crippen LogP contribution < -0.4 is 0 Å². The van der Waals surface area contributed by atoms with Crippen molar-refractivity contribution in [2.75, 3.05) is 0 Å². The minimum atomic E-state index is -0.343. The Balaban J connectivity index is 2.03. The molecule has 22 heavy (non-hydrogen) atoms. The van der Waals surface area contributed by atoms with Crippen molar-refractivity contribution in [2.45, 2.75) is 32.3 Å². The van der Waals surface area contributed by atoms with E-state index in [1.54, 1.807) is 19.1 Å². The average Bonchev–Trinajstić information content (AvgIpc) is 2.48. The number of allylic oxidation sites excluding steroid dienone is 1. The summed E-state index contributed by atoms with van der Waals surface area (Å²) in [6.45, 7) is 1.77. The highest BCUT2D eigenvalue weighted by molar-refractivity contribution is 5.63. The Morgan fingerprint density at radius 1 is 1.27 bits per heavy atom. The van der Waals surface area contributed by atoms with Gasteiger partial charge in [-0.25, -0.2) is 4.39 Å². The quantitative estimate of drug-likeness (QED) is 0.788. The molecule has 0 spiro atoms. The number of aromatic nitrogens is 1. The van der Waals surface area contributed by atoms with Crippen molar-refractivity contribution in [3.8, 4) is 17.0 Å². The van der Waals surface area contributed by atoms with Crippen LogP contribution in [0.15, 0.2) is 42.6 Å². The first-order valence-electron chi connectivity index (χ1n) is 7.36. The molecular weight excluding hydrogens is 281 g/mol. The Morgan fingerprint density at radius 2 is 2.09 bits per heavy atom. The van der Waals surface area contributed by atoms with Crippen molar-refractivity contribution in [3.05, 3.63) is 54.0 Å². The van der Waals surface area contributed by atoms with E-state index in [1.165, 1.54) is 18.3 Å². The summed E-state index contributed by atoms with van der Waals surface area (Å²) < 4.78 is 14.1. The van der Waals surface area contributed by atoms with E-state index in [2.05, 4.69) is 4.98 Å². The number of hydrogen-bond donors (Lipinski definition) is 2. The van der Waals surface area contributed by atoms with E-state index in [-0.39, 0.29) is 17.7 Å². The maximum Gasteiger partial charge on any atom is 0.133 e. The average molecular weight is 301 g/mol. The van der Waals surface area contributed by atoms with Crippen LogP contribution in [0.5, 0.6) is 5.75 Å². The first-order chi connectivity index (χ1) is 10.6. The molecule has 1 heterocycles. The van der Waals surface area contributed by atoms with Crippen molar-refractivity contribution >= 4 is 6.08 Å². The van der Waals surface area contributed by atoms with Crippen LogP contribution in [-0.2, 0) is 0 Å². The standard InChI is InChI=1S/C18H20FNO2/c1-13(21)5-3-2-4-6-14-7-9-16(17(19)11-14)18-10-8-15(22)12-20-18/h4,6-13,21-22H,2-3,5H2,1H3/b6-4+. The molecule has 0 aliphatic rings. The van der Waals surface area contributed by atoms with E-state index in [4.69, 9.17) is 5.11 Å². The number of rotatable bonds is 6. The Kier molecular flexibility index (Phi) is 5.67. The molecule has 2 aromatic rings. The van der Waals surface area contributed by atoms with Gasteiger partial charge in [-0.05, 0) is 56.0 Å². The van der Waals surface area contributed by atoms with Gasteiger partial charge in [-0.1, -0.05) is 18.2 Å². The fourth-order valence-electron chi connectivity index (χ4n) is 2.14. The first-order valence-corrected chi connectivity index (χ1v) is 7.36. The van der Waals surface area contributed by atoms with Crippen molar-refractivity contribution in [1.29, 1.82) is 0 Å². The molecule has 0 fully saturated rings. The van der Waals surface area contributed by atoms with Crippen molar-refractivity contribution in [2.24, 2.45) is 0 Å². The molecule has 0 radical (unpaired) electrons. The number of pyridine rings is 1. The smallest absolute Gasteiger partial charge is 0.133 e. The predicted octanol–water partition coefficient (Wildman–Crippen LogP) is 4.16. The Hall–Kier alpha value is -2.20. The molecule has 2 N–H and O–H groups in total. The van der Waals surface area contributed by atoms with Crippen LogP contribution in [0.2, 0.25) is 0 Å². The SMILES string of the molecule is CC(O)CCC/C=C/c1ccc(-c2ccc(O)cn2)c(F)c1. The summed E-state index contributed by atoms with van der Waals surface area (Å²) in [4.78, 5) is 4.01. The van der Waals surface area contributed by atoms with E-state index in [0.29, 0.717) is 11.3 Å². The van der Waals surface area contributed by atoms with E-state index < -0.39 is 0 Å². The highest BCUT2D eigenvalue weighted by Gasteiger charge is 2.06. The molecule has 116 valence electrons. The van der Waals surface area contributed by atoms with Gasteiger partial charge in [-0.3, -0.25) is 4.98 Å². The second kappa shape index (κ2) is 7.71. The minimum absolute atomic E-state index is 0.0564. The molecule has 1 aromatic heterocycles. The third-order valence-electron chi connectivity index (χ3n) is 3.32. The fraction of sp³-hybridized carbons (Fsp3) is 0.278. The summed E-state index contributed by atoms with van der Waals surface area (Å²) >= 11 is 0. The lowest BCUT2D eigenvalue weighted by molar-refractivity contribution is 0.182. The normalized spacial score (nSPS) is 12.7. The third-order valence-corrected chi connectivity index (χ3v) is 3.32. The third kappa shape index (κ3) is 4.67. The van der Waals surface area contributed by atoms with Gasteiger partial charge in [-0.15, -0.1) is 0 Å². The number of nitrogens with zero attached hydrogens (tertiary/aromatic N) is 1. The predicted molar refractivity (Wildman–Crippen MR) is 85.9 cm³/mol. The molecule has 1 atom stereocenters. The summed E-state index contributed by atoms with van der Waals surface area (Å²) in [6, 6.07) is 8.05. The summed E-state index contributed by atoms with van der Waals surface area (Å²) in [5.74, 6) is -0.287. The second-order valence-electron chi connectivity index (χ2n) is 5.32. The summed E-state index contributed by atoms with van der Waals surface area (Å²) in [5.41, 5.74) is 1.69. The molecular formula is C18H20FNO2. The van der Waals surface area contributed by atoms with Crippen molar-refractivity contribution in [3.63, 3.8) is 0 Å². The van der Waals surface area contributed by atoms with E-state index >= 15 is 0 Å². The lowest BCUT2D eigenvalue weighted by atomic mass is 10.1. The van der Waals surface area contributed by atoms with Crippen LogP contribution in [0.3, 0.4) is 0 Å². The van der Waals surface area contributed by atoms with E-state index in [9.17, 15) is 9.50 Å². The molecule has 0 aliphatic carbocycles. The van der Waals surface area contributed by atoms with Crippen molar-refractivity contribution in [1.82, 2.24) is 4.98 Å². The van der Waals surface area contributed by atoms with E-state index in [0.717, 1.165) is 24.8 Å². The molecule has 3 nitrogen and oxygen atoms in total. The lowest BCUT2D eigenvalue weighted by Crippen LogP contribution is -1.97. The number of unbranched alkanes of at least 4 members (excludes halogenated alkanes) is 1. The maximum absolute atomic E-state index is 14.1. The van der Waals surface area contributed by atoms with Gasteiger partial charge in [-0.2, -0.15) is 0 Å². The number of aliphatic hydroxyl groups excluding tert-OH is 1. The minimum Gasteiger partial charge on any atom is -0.506 e. The zero-order chi connectivity index (χ0) is 15.9. The number of benzene rings is 1. The van der Waals surface area contributed by atoms with Gasteiger partial charge in [0.25, 0.3) is 0 Å². The number of aromatic hydroxyl groups is 1. The largest absolute Gasteiger partial charge is 0.506 e. The van der Waals surface area contributed by atoms with Crippen molar-refractivity contribution < 1.29 is 14.6 Å². The van der Waals surface area contributed by atoms with Gasteiger partial charge in [0, 0.05) is 5.56 Å². The van der Waals surface area contributed by atoms with Crippen LogP contribution in [0.25, 0.3) is 17.3 Å². The fourth-order valence-corrected chi connectivity index (χ4v) is 2.14. The Morgan fingerprint density at radius 3 is 2.73 bits per heavy atom. The first kappa shape index (κ1) is 16.2. The highest BCUT2D eigenvalue weighted by atomic mass is 19.1. The summed E-state index contributed by atoms with van der Waals surface area (Å²) in [5, 5.41) is 18.4. The van der Waals surface area contributed by atoms with Gasteiger partial charge in [0.05, 0.1) is 18.0 Å². The van der Waals surface area contributed by atoms with Crippen LogP contribution in [0.1, 0.15) is 31.7 Å². The Labute approximate surface area is 129 Å². The molecule has 0 aliphatic heterocycles. The zero-order valence-corrected chi connectivity index (χ0v) is 12.5. The van der Waals surface area contributed by atoms with Crippen LogP contribution in [0, 0.1) is 5.82 Å². The molecule has 1 unspecified atom stereocenters. The molecule has 4 heteroatoms. The molecule has 2 rings (SSSR count). The molecule has 0 bridgehead atoms. The maximum atomic E-state index is 14.1. The molecule has 0 amide bonds. The zero-order valence-electron chi connectivity index (χ0n) is 12.5. The highest BCUT2D eigenvalue weighted by Crippen LogP contribution is 2.23. The molecule has 0 saturated carbocycles. The topological polar surface area (TPSA) is 53.4 Å². The van der Waals surface area contributed by atoms with Gasteiger partial charge in [0.2, 0.25) is 0 Å². The second-order valence-corrected chi connectivity index (χ2v) is 5.32. The van der Waals surface area contributed by atoms with Gasteiger partial charge >= 0.3 is 0 Å². The number of aliphatic hydroxyl groups is 1. The lowest BCUT2D eigenvalue weighted by Gasteiger charge is -2.04. The molecule has 1 aromatic carbocycles. The number of hydrogen-bond acceptors (Lipinski definition) is 3. The monoisotopic (exact) mass is 301 g/mol. The molecule has 0 saturated heterocycles. The van der Waals surface area contributed by atoms with Gasteiger partial charge in [0.15, 0.2) is 0 Å². The summed E-state index contributed by atoms with van der Waals surface area (Å²) in [7, 11) is 0. The van der Waals surface area contributed by atoms with Gasteiger partial charge in [0.1, 0.15) is 11.6 Å². The van der Waals surface area contributed by atoms with Crippen LogP contribution in [-0.4, -0.2) is 21.3 Å². The van der Waals surface area contributed by atoms with Gasteiger partial charge < -0.3 is 10.2 Å². The Bertz CT molecular complexity index is 636. The number of halogens is 1. The van der Waals surface area contributed by atoms with Crippen LogP contribution >= 0.6 is 0 Å². The summed E-state index contributed by atoms with van der Waals surface area (Å²) in [6.07, 6.45) is 7.41. The van der Waals surface area contributed by atoms with E-state index in [1.807, 2.05) is 18.2 Å².